The van der Waals surface area contributed by atoms with Gasteiger partial charge in [-0.3, -0.25) is 14.1 Å². The molecular formula is C32H34F2N2O8S. The van der Waals surface area contributed by atoms with Crippen LogP contribution in [0.2, 0.25) is 0 Å². The minimum atomic E-state index is -4.34. The zero-order valence-electron chi connectivity index (χ0n) is 24.3. The Morgan fingerprint density at radius 1 is 1.02 bits per heavy atom. The van der Waals surface area contributed by atoms with Gasteiger partial charge in [0.2, 0.25) is 11.8 Å². The van der Waals surface area contributed by atoms with Crippen molar-refractivity contribution in [3.05, 3.63) is 101 Å². The molecule has 3 aromatic rings. The number of halogens is 2. The quantitative estimate of drug-likeness (QED) is 0.178. The summed E-state index contributed by atoms with van der Waals surface area (Å²) < 4.78 is 68.5. The summed E-state index contributed by atoms with van der Waals surface area (Å²) in [5.74, 6) is -2.94. The van der Waals surface area contributed by atoms with E-state index in [4.69, 9.17) is 14.0 Å². The summed E-state index contributed by atoms with van der Waals surface area (Å²) in [7, 11) is -4.34. The van der Waals surface area contributed by atoms with Gasteiger partial charge in [0.05, 0.1) is 31.3 Å². The Labute approximate surface area is 259 Å². The zero-order chi connectivity index (χ0) is 32.2. The first-order chi connectivity index (χ1) is 21.4. The van der Waals surface area contributed by atoms with E-state index in [1.165, 1.54) is 36.4 Å². The largest absolute Gasteiger partial charge is 0.388 e. The summed E-state index contributed by atoms with van der Waals surface area (Å²) in [6.07, 6.45) is 0.950. The number of carbonyl (C=O) groups is 2. The number of aliphatic hydroxyl groups is 1. The maximum absolute atomic E-state index is 13.6. The van der Waals surface area contributed by atoms with Gasteiger partial charge in [0.15, 0.2) is 0 Å². The van der Waals surface area contributed by atoms with E-state index in [0.29, 0.717) is 36.9 Å². The van der Waals surface area contributed by atoms with Gasteiger partial charge in [-0.05, 0) is 78.8 Å². The maximum Gasteiger partial charge on any atom is 0.283 e. The highest BCUT2D eigenvalue weighted by Crippen LogP contribution is 2.46. The van der Waals surface area contributed by atoms with Crippen LogP contribution in [0.5, 0.6) is 0 Å². The summed E-state index contributed by atoms with van der Waals surface area (Å²) in [5, 5.41) is 12.8. The molecule has 2 heterocycles. The fourth-order valence-corrected chi connectivity index (χ4v) is 5.96. The van der Waals surface area contributed by atoms with Gasteiger partial charge in [-0.1, -0.05) is 36.4 Å². The molecule has 2 amide bonds. The Morgan fingerprint density at radius 2 is 1.64 bits per heavy atom. The van der Waals surface area contributed by atoms with Crippen molar-refractivity contribution in [2.45, 2.75) is 43.4 Å². The van der Waals surface area contributed by atoms with Crippen LogP contribution in [0.3, 0.4) is 0 Å². The zero-order valence-corrected chi connectivity index (χ0v) is 25.1. The summed E-state index contributed by atoms with van der Waals surface area (Å²) in [6, 6.07) is 18.7. The second kappa shape index (κ2) is 13.7. The molecule has 240 valence electrons. The lowest BCUT2D eigenvalue weighted by molar-refractivity contribution is -0.212. The van der Waals surface area contributed by atoms with E-state index in [0.717, 1.165) is 11.1 Å². The average molecular weight is 645 g/mol. The first kappa shape index (κ1) is 32.6. The van der Waals surface area contributed by atoms with Crippen molar-refractivity contribution in [1.29, 1.82) is 0 Å². The number of benzene rings is 3. The molecular weight excluding hydrogens is 610 g/mol. The number of hydrogen-bond donors (Lipinski definition) is 3. The third-order valence-electron chi connectivity index (χ3n) is 8.21. The van der Waals surface area contributed by atoms with E-state index in [2.05, 4.69) is 5.32 Å². The van der Waals surface area contributed by atoms with Gasteiger partial charge < -0.3 is 24.8 Å². The Kier molecular flexibility index (Phi) is 9.94. The second-order valence-corrected chi connectivity index (χ2v) is 12.9. The number of hydrogen-bond acceptors (Lipinski definition) is 7. The van der Waals surface area contributed by atoms with Crippen LogP contribution in [0.4, 0.5) is 14.5 Å². The summed E-state index contributed by atoms with van der Waals surface area (Å²) in [5.41, 5.74) is 2.28. The number of amides is 2. The van der Waals surface area contributed by atoms with Crippen LogP contribution in [0.15, 0.2) is 72.8 Å². The minimum absolute atomic E-state index is 0.133. The number of rotatable bonds is 14. The van der Waals surface area contributed by atoms with Gasteiger partial charge in [-0.2, -0.15) is 8.42 Å². The molecule has 13 heteroatoms. The molecule has 3 aromatic carbocycles. The van der Waals surface area contributed by atoms with Crippen molar-refractivity contribution >= 4 is 27.6 Å². The lowest BCUT2D eigenvalue weighted by Gasteiger charge is -2.48. The van der Waals surface area contributed by atoms with Crippen LogP contribution in [-0.4, -0.2) is 61.2 Å². The van der Waals surface area contributed by atoms with Gasteiger partial charge >= 0.3 is 0 Å². The predicted molar refractivity (Wildman–Crippen MR) is 160 cm³/mol. The molecule has 3 N–H and O–H groups in total. The summed E-state index contributed by atoms with van der Waals surface area (Å²) >= 11 is 0. The van der Waals surface area contributed by atoms with Crippen molar-refractivity contribution in [2.24, 2.45) is 5.92 Å². The van der Waals surface area contributed by atoms with E-state index >= 15 is 0 Å². The van der Waals surface area contributed by atoms with Gasteiger partial charge in [-0.25, -0.2) is 8.78 Å². The molecule has 0 saturated carbocycles. The van der Waals surface area contributed by atoms with Crippen molar-refractivity contribution in [2.75, 3.05) is 30.6 Å². The molecule has 0 aromatic heterocycles. The molecule has 2 saturated heterocycles. The van der Waals surface area contributed by atoms with Crippen molar-refractivity contribution < 1.29 is 45.9 Å². The highest BCUT2D eigenvalue weighted by molar-refractivity contribution is 7.85. The molecule has 3 unspecified atom stereocenters. The van der Waals surface area contributed by atoms with Gasteiger partial charge in [0.25, 0.3) is 10.1 Å². The predicted octanol–water partition coefficient (Wildman–Crippen LogP) is 3.86. The highest BCUT2D eigenvalue weighted by Gasteiger charge is 2.48. The molecule has 10 nitrogen and oxygen atoms in total. The number of aryl methyl sites for hydroxylation is 1. The first-order valence-corrected chi connectivity index (χ1v) is 16.1. The normalized spacial score (nSPS) is 19.8. The molecule has 45 heavy (non-hydrogen) atoms. The van der Waals surface area contributed by atoms with E-state index in [9.17, 15) is 31.9 Å². The monoisotopic (exact) mass is 644 g/mol. The molecule has 0 radical (unpaired) electrons. The molecule has 0 spiro atoms. The number of nitrogens with zero attached hydrogens (tertiary/aromatic N) is 1. The van der Waals surface area contributed by atoms with E-state index in [1.54, 1.807) is 17.0 Å². The third kappa shape index (κ3) is 8.10. The highest BCUT2D eigenvalue weighted by atomic mass is 32.2. The van der Waals surface area contributed by atoms with E-state index in [1.807, 2.05) is 24.3 Å². The van der Waals surface area contributed by atoms with Crippen molar-refractivity contribution in [3.63, 3.8) is 0 Å². The minimum Gasteiger partial charge on any atom is -0.388 e. The molecule has 0 aliphatic carbocycles. The van der Waals surface area contributed by atoms with Crippen LogP contribution in [0.1, 0.15) is 48.1 Å². The molecule has 0 bridgehead atoms. The van der Waals surface area contributed by atoms with Gasteiger partial charge in [0, 0.05) is 5.69 Å². The van der Waals surface area contributed by atoms with E-state index < -0.39 is 51.2 Å². The third-order valence-corrected chi connectivity index (χ3v) is 8.72. The molecule has 2 aliphatic rings. The number of ether oxygens (including phenoxy) is 2. The number of aliphatic hydroxyl groups excluding tert-OH is 1. The average Bonchev–Trinajstić information content (AvgIpc) is 2.99. The summed E-state index contributed by atoms with van der Waals surface area (Å²) in [4.78, 5) is 26.9. The van der Waals surface area contributed by atoms with Crippen molar-refractivity contribution in [3.8, 4) is 0 Å². The Balaban J connectivity index is 1.23. The van der Waals surface area contributed by atoms with Gasteiger partial charge in [-0.15, -0.1) is 0 Å². The number of nitrogens with one attached hydrogen (secondary N) is 1. The SMILES string of the molecule is O=C(COC1(CCc2ccc(C3C(CCC(O)c4ccc(F)cc4)C(=O)N3c3ccc(F)cc3)cc2)COC1)NCS(=O)(=O)O. The Hall–Kier alpha value is -3.75. The lowest BCUT2D eigenvalue weighted by atomic mass is 9.78. The second-order valence-electron chi connectivity index (χ2n) is 11.4. The number of carbonyl (C=O) groups excluding carboxylic acids is 2. The van der Waals surface area contributed by atoms with Gasteiger partial charge in [0.1, 0.15) is 29.7 Å². The van der Waals surface area contributed by atoms with Crippen molar-refractivity contribution in [1.82, 2.24) is 5.32 Å². The molecule has 2 fully saturated rings. The van der Waals surface area contributed by atoms with Crippen LogP contribution in [-0.2, 0) is 35.6 Å². The van der Waals surface area contributed by atoms with Crippen LogP contribution in [0, 0.1) is 17.6 Å². The number of β-lactam (4-membered cyclic amide) rings is 1. The van der Waals surface area contributed by atoms with Crippen LogP contribution >= 0.6 is 0 Å². The Bertz CT molecular complexity index is 1600. The standard InChI is InChI=1S/C32H34F2N2O8S/c33-24-7-5-22(6-8-24)28(37)14-13-27-30(36(31(27)39)26-11-9-25(34)10-12-26)23-3-1-21(2-4-23)15-16-32(18-43-19-32)44-17-29(38)35-20-45(40,41)42/h1-12,27-28,30,37H,13-20H2,(H,35,38)(H,40,41,42). The van der Waals surface area contributed by atoms with Crippen LogP contribution in [0.25, 0.3) is 0 Å². The molecule has 3 atom stereocenters. The molecule has 5 rings (SSSR count). The smallest absolute Gasteiger partial charge is 0.283 e. The number of anilines is 1. The fourth-order valence-electron chi connectivity index (χ4n) is 5.61. The summed E-state index contributed by atoms with van der Waals surface area (Å²) in [6.45, 7) is 0.169. The lowest BCUT2D eigenvalue weighted by Crippen LogP contribution is -2.55. The van der Waals surface area contributed by atoms with E-state index in [-0.39, 0.29) is 31.8 Å². The maximum atomic E-state index is 13.6. The fraction of sp³-hybridized carbons (Fsp3) is 0.375. The topological polar surface area (TPSA) is 142 Å². The molecule has 2 aliphatic heterocycles. The first-order valence-electron chi connectivity index (χ1n) is 14.5. The van der Waals surface area contributed by atoms with Crippen LogP contribution < -0.4 is 10.2 Å². The Morgan fingerprint density at radius 3 is 2.22 bits per heavy atom.